The zero-order valence-corrected chi connectivity index (χ0v) is 72.5. The minimum absolute atomic E-state index is 0. The number of carboxylic acids is 4. The second kappa shape index (κ2) is 57.7. The maximum atomic E-state index is 12.7. The quantitative estimate of drug-likeness (QED) is 0.00578. The zero-order valence-electron chi connectivity index (χ0n) is 68.9. The standard InChI is InChI=1S/C17H20F3NO5.2C12H12F3NO3.C11H11F3O2.C10H10F3NO2.C9H15NO5.C8H9Br.C2H5O.Na/c1-4-25-14(23)16(21-11(3)22,15(24)26-5-2)10-12-6-8-13(9-7-12)17(18,19)20;2*1-7(17)16-10(11(18)19)6-8-2-4-9(5-3-8)12(13,14)15;1-7(10(15)16)6-8-2-4-9(5-3-8)11(12,13)14;11-10(12,13)7-3-1-6(2-4-7)5-8(14)9(15)16;1-4-14-8(12)7(10-6(3)11)9(13)15-5-2;1-7-2-4-8(6-9)5-3-7;1-2-3;/h6-9H,4-5,10H2,1-3H3,(H,21,22);2*2-5,10H,6H2,1H3,(H,16,17)(H,18,19);2-5,7H,6H2,1H3,(H,15,16);1-4,8H,5,14H2,(H,15,16);7H,4-5H2,1-3H3,(H,10,11);2-5H,6H2,1H3;2H2,1H3;/q;;;;;;;-1;+1/t;10-;;7-;8-;;;;/m.1.10..../s1. The fraction of sp³-hybridized carbons (Fsp3) is 0.407. The van der Waals surface area contributed by atoms with E-state index in [1.54, 1.807) is 20.8 Å². The van der Waals surface area contributed by atoms with Crippen LogP contribution in [-0.2, 0) is 145 Å². The third-order valence-corrected chi connectivity index (χ3v) is 15.8. The predicted molar refractivity (Wildman–Crippen MR) is 414 cm³/mol. The van der Waals surface area contributed by atoms with Crippen molar-refractivity contribution in [2.24, 2.45) is 11.7 Å². The molecule has 6 rings (SSSR count). The zero-order chi connectivity index (χ0) is 95.1. The van der Waals surface area contributed by atoms with E-state index >= 15 is 0 Å². The summed E-state index contributed by atoms with van der Waals surface area (Å²) in [6.45, 7) is 16.2. The monoisotopic (exact) mass is 1860 g/mol. The number of amides is 4. The van der Waals surface area contributed by atoms with Crippen LogP contribution >= 0.6 is 15.9 Å². The van der Waals surface area contributed by atoms with Crippen LogP contribution in [0.2, 0.25) is 0 Å². The molecule has 0 saturated carbocycles. The van der Waals surface area contributed by atoms with E-state index < -0.39 is 172 Å². The van der Waals surface area contributed by atoms with E-state index in [0.29, 0.717) is 22.3 Å². The Kier molecular flexibility index (Phi) is 54.6. The molecule has 0 radical (unpaired) electrons. The molecule has 26 nitrogen and oxygen atoms in total. The van der Waals surface area contributed by atoms with Crippen molar-refractivity contribution < 1.29 is 197 Å². The first-order valence-corrected chi connectivity index (χ1v) is 37.4. The molecule has 6 aromatic rings. The Balaban J connectivity index is -0.00000139. The molecule has 4 amide bonds. The van der Waals surface area contributed by atoms with Gasteiger partial charge >= 0.3 is 108 Å². The summed E-state index contributed by atoms with van der Waals surface area (Å²) in [5.74, 6) is -11.2. The SMILES string of the molecule is CC(=O)NC(Cc1ccc(C(F)(F)F)cc1)C(=O)O.CC(=O)N[C@H](Cc1ccc(C(F)(F)F)cc1)C(=O)O.CCOC(=O)C(Cc1ccc(C(F)(F)F)cc1)(NC(C)=O)C(=O)OCC.CCOC(=O)C(NC(C)=O)C(=O)OCC.CC[O-].C[C@H](Cc1ccc(C(F)(F)F)cc1)C(=O)O.Cc1ccc(CBr)cc1.N[C@@H](Cc1ccc(C(F)(F)F)cc1)C(=O)O.[Na+]. The van der Waals surface area contributed by atoms with Gasteiger partial charge in [0.15, 0.2) is 0 Å². The Morgan fingerprint density at radius 3 is 0.871 bits per heavy atom. The van der Waals surface area contributed by atoms with Crippen LogP contribution < -0.4 is 61.7 Å². The summed E-state index contributed by atoms with van der Waals surface area (Å²) in [6, 6.07) is 24.7. The van der Waals surface area contributed by atoms with Crippen LogP contribution in [0.3, 0.4) is 0 Å². The molecule has 0 aliphatic rings. The largest absolute Gasteiger partial charge is 1.00 e. The minimum Gasteiger partial charge on any atom is -0.855 e. The molecule has 0 fully saturated rings. The first-order chi connectivity index (χ1) is 56.8. The number of rotatable bonds is 27. The summed E-state index contributed by atoms with van der Waals surface area (Å²) in [4.78, 5) is 134. The number of nitrogens with one attached hydrogen (secondary N) is 4. The maximum absolute atomic E-state index is 12.7. The number of carbonyl (C=O) groups is 12. The molecular formula is C81H94BrF15N5NaO21. The number of aryl methyl sites for hydroxylation is 1. The van der Waals surface area contributed by atoms with Crippen molar-refractivity contribution in [1.82, 2.24) is 21.3 Å². The van der Waals surface area contributed by atoms with Gasteiger partial charge in [0.1, 0.15) is 18.1 Å². The Bertz CT molecular complexity index is 4100. The summed E-state index contributed by atoms with van der Waals surface area (Å²) in [6.07, 6.45) is -22.4. The molecule has 43 heteroatoms. The van der Waals surface area contributed by atoms with E-state index in [0.717, 1.165) is 85.1 Å². The van der Waals surface area contributed by atoms with Gasteiger partial charge in [0.2, 0.25) is 35.2 Å². The Hall–Kier alpha value is -10.7. The van der Waals surface area contributed by atoms with E-state index in [1.807, 2.05) is 0 Å². The normalized spacial score (nSPS) is 11.9. The van der Waals surface area contributed by atoms with Gasteiger partial charge in [-0.15, -0.1) is 6.61 Å². The van der Waals surface area contributed by atoms with Crippen LogP contribution in [-0.4, -0.2) is 155 Å². The van der Waals surface area contributed by atoms with Crippen LogP contribution in [0, 0.1) is 12.8 Å². The van der Waals surface area contributed by atoms with Gasteiger partial charge in [-0.05, 0) is 142 Å². The number of ether oxygens (including phenoxy) is 4. The summed E-state index contributed by atoms with van der Waals surface area (Å²) >= 11 is 3.38. The topological polar surface area (TPSA) is 420 Å². The van der Waals surface area contributed by atoms with Gasteiger partial charge in [-0.2, -0.15) is 65.9 Å². The molecule has 10 N–H and O–H groups in total. The van der Waals surface area contributed by atoms with Gasteiger partial charge in [-0.1, -0.05) is 120 Å². The molecule has 124 heavy (non-hydrogen) atoms. The van der Waals surface area contributed by atoms with Crippen LogP contribution in [0.5, 0.6) is 0 Å². The average Bonchev–Trinajstić information content (AvgIpc) is 0.784. The molecule has 0 aliphatic carbocycles. The molecule has 1 unspecified atom stereocenters. The molecule has 0 spiro atoms. The number of hydrogen-bond acceptors (Lipinski definition) is 18. The first kappa shape index (κ1) is 117. The van der Waals surface area contributed by atoms with E-state index in [2.05, 4.69) is 77.9 Å². The molecule has 6 aromatic carbocycles. The van der Waals surface area contributed by atoms with Crippen LogP contribution in [0.4, 0.5) is 65.9 Å². The summed E-state index contributed by atoms with van der Waals surface area (Å²) in [7, 11) is 0. The summed E-state index contributed by atoms with van der Waals surface area (Å²) in [5, 5.41) is 53.6. The number of alkyl halides is 16. The molecular weight excluding hydrogens is 1770 g/mol. The molecule has 0 bridgehead atoms. The fourth-order valence-electron chi connectivity index (χ4n) is 9.31. The van der Waals surface area contributed by atoms with E-state index in [1.165, 1.54) is 101 Å². The number of esters is 4. The average molecular weight is 1860 g/mol. The van der Waals surface area contributed by atoms with Gasteiger partial charge in [0.25, 0.3) is 0 Å². The Labute approximate surface area is 733 Å². The van der Waals surface area contributed by atoms with Crippen LogP contribution in [0.25, 0.3) is 0 Å². The van der Waals surface area contributed by atoms with Crippen molar-refractivity contribution in [1.29, 1.82) is 0 Å². The molecule has 0 aliphatic heterocycles. The van der Waals surface area contributed by atoms with Gasteiger partial charge in [-0.25, -0.2) is 28.8 Å². The second-order valence-electron chi connectivity index (χ2n) is 25.4. The fourth-order valence-corrected chi connectivity index (χ4v) is 9.68. The number of halogens is 16. The van der Waals surface area contributed by atoms with Gasteiger partial charge in [0, 0.05) is 52.3 Å². The number of benzene rings is 6. The predicted octanol–water partition coefficient (Wildman–Crippen LogP) is 9.43. The van der Waals surface area contributed by atoms with Crippen molar-refractivity contribution in [3.63, 3.8) is 0 Å². The number of aliphatic carboxylic acids is 4. The summed E-state index contributed by atoms with van der Waals surface area (Å²) in [5.41, 5.74) is 3.81. The Morgan fingerprint density at radius 1 is 0.387 bits per heavy atom. The van der Waals surface area contributed by atoms with Crippen LogP contribution in [0.15, 0.2) is 146 Å². The third kappa shape index (κ3) is 48.4. The number of carbonyl (C=O) groups excluding carboxylic acids is 8. The molecule has 682 valence electrons. The molecule has 4 atom stereocenters. The smallest absolute Gasteiger partial charge is 0.855 e. The molecule has 0 saturated heterocycles. The number of hydrogen-bond donors (Lipinski definition) is 9. The van der Waals surface area contributed by atoms with E-state index in [9.17, 15) is 123 Å². The van der Waals surface area contributed by atoms with Crippen molar-refractivity contribution in [3.05, 3.63) is 212 Å². The number of carboxylic acid groups (broad SMARTS) is 4. The summed E-state index contributed by atoms with van der Waals surface area (Å²) < 4.78 is 204. The van der Waals surface area contributed by atoms with E-state index in [4.69, 9.17) is 40.7 Å². The van der Waals surface area contributed by atoms with Crippen molar-refractivity contribution >= 4 is 87.3 Å². The van der Waals surface area contributed by atoms with E-state index in [-0.39, 0.29) is 93.8 Å². The minimum atomic E-state index is -4.52. The second-order valence-corrected chi connectivity index (χ2v) is 26.0. The maximum Gasteiger partial charge on any atom is 1.00 e. The number of nitrogens with two attached hydrogens (primary N) is 1. The third-order valence-electron chi connectivity index (χ3n) is 15.1. The van der Waals surface area contributed by atoms with Gasteiger partial charge in [0.05, 0.1) is 60.2 Å². The van der Waals surface area contributed by atoms with Crippen LogP contribution in [0.1, 0.15) is 136 Å². The van der Waals surface area contributed by atoms with Crippen molar-refractivity contribution in [2.45, 2.75) is 174 Å². The Morgan fingerprint density at radius 2 is 0.645 bits per heavy atom. The van der Waals surface area contributed by atoms with Gasteiger partial charge < -0.3 is 71.5 Å². The first-order valence-electron chi connectivity index (χ1n) is 36.3. The molecule has 0 heterocycles. The van der Waals surface area contributed by atoms with Crippen molar-refractivity contribution in [2.75, 3.05) is 33.0 Å². The van der Waals surface area contributed by atoms with Gasteiger partial charge in [-0.3, -0.25) is 28.8 Å². The van der Waals surface area contributed by atoms with Crippen molar-refractivity contribution in [3.8, 4) is 0 Å². The molecule has 0 aromatic heterocycles.